The Hall–Kier alpha value is -1.89. The average molecular weight is 485 g/mol. The van der Waals surface area contributed by atoms with E-state index in [9.17, 15) is 0 Å². The lowest BCUT2D eigenvalue weighted by Crippen LogP contribution is -2.26. The number of nitrogens with zero attached hydrogens (tertiary/aromatic N) is 1. The molecule has 0 bridgehead atoms. The summed E-state index contributed by atoms with van der Waals surface area (Å²) < 4.78 is 2.06. The van der Waals surface area contributed by atoms with Gasteiger partial charge >= 0.3 is 0 Å². The second kappa shape index (κ2) is 10.9. The summed E-state index contributed by atoms with van der Waals surface area (Å²) in [4.78, 5) is 0. The summed E-state index contributed by atoms with van der Waals surface area (Å²) in [6, 6.07) is 15.9. The van der Waals surface area contributed by atoms with Crippen molar-refractivity contribution in [2.75, 3.05) is 0 Å². The zero-order valence-corrected chi connectivity index (χ0v) is 17.1. The summed E-state index contributed by atoms with van der Waals surface area (Å²) >= 11 is 6.82. The zero-order chi connectivity index (χ0) is 17.4. The van der Waals surface area contributed by atoms with E-state index in [0.29, 0.717) is 5.71 Å². The number of hydrogen-bond donors (Lipinski definition) is 3. The smallest absolute Gasteiger partial charge is 0.206 e. The minimum atomic E-state index is -0.207. The fourth-order valence-corrected chi connectivity index (χ4v) is 2.29. The van der Waals surface area contributed by atoms with Crippen LogP contribution in [0.3, 0.4) is 0 Å². The van der Waals surface area contributed by atoms with Gasteiger partial charge in [-0.15, -0.1) is 12.4 Å². The van der Waals surface area contributed by atoms with Gasteiger partial charge in [-0.05, 0) is 47.5 Å². The zero-order valence-electron chi connectivity index (χ0n) is 13.1. The maximum Gasteiger partial charge on any atom is 0.206 e. The highest BCUT2D eigenvalue weighted by molar-refractivity contribution is 9.10. The first-order valence-corrected chi connectivity index (χ1v) is 8.66. The van der Waals surface area contributed by atoms with E-state index in [1.807, 2.05) is 72.8 Å². The maximum atomic E-state index is 7.23. The first kappa shape index (κ1) is 21.2. The Balaban J connectivity index is 0.00000312. The van der Waals surface area contributed by atoms with E-state index in [1.54, 1.807) is 0 Å². The van der Waals surface area contributed by atoms with Gasteiger partial charge in [-0.1, -0.05) is 68.3 Å². The number of rotatable bonds is 5. The first-order valence-electron chi connectivity index (χ1n) is 7.08. The molecule has 0 aliphatic heterocycles. The van der Waals surface area contributed by atoms with Crippen LogP contribution < -0.4 is 11.2 Å². The largest absolute Gasteiger partial charge is 0.369 e. The maximum absolute atomic E-state index is 7.23. The van der Waals surface area contributed by atoms with Crippen LogP contribution in [0.5, 0.6) is 0 Å². The summed E-state index contributed by atoms with van der Waals surface area (Å²) in [6.45, 7) is 0. The third-order valence-corrected chi connectivity index (χ3v) is 4.00. The molecule has 0 spiro atoms. The summed E-state index contributed by atoms with van der Waals surface area (Å²) in [5, 5.41) is 11.3. The van der Waals surface area contributed by atoms with Crippen LogP contribution in [-0.2, 0) is 0 Å². The molecule has 4 nitrogen and oxygen atoms in total. The number of hydrazone groups is 1. The predicted octanol–water partition coefficient (Wildman–Crippen LogP) is 5.20. The van der Waals surface area contributed by atoms with E-state index in [2.05, 4.69) is 42.4 Å². The van der Waals surface area contributed by atoms with E-state index in [4.69, 9.17) is 11.1 Å². The van der Waals surface area contributed by atoms with E-state index in [1.165, 1.54) is 0 Å². The van der Waals surface area contributed by atoms with Crippen molar-refractivity contribution in [1.29, 1.82) is 5.41 Å². The summed E-state index contributed by atoms with van der Waals surface area (Å²) in [5.74, 6) is -0.207. The van der Waals surface area contributed by atoms with E-state index in [-0.39, 0.29) is 18.4 Å². The molecule has 0 radical (unpaired) electrons. The van der Waals surface area contributed by atoms with Crippen LogP contribution >= 0.6 is 44.3 Å². The van der Waals surface area contributed by atoms with Gasteiger partial charge in [0.2, 0.25) is 5.96 Å². The van der Waals surface area contributed by atoms with Crippen molar-refractivity contribution in [3.63, 3.8) is 0 Å². The molecule has 2 aromatic rings. The molecule has 7 heteroatoms. The van der Waals surface area contributed by atoms with Gasteiger partial charge in [-0.25, -0.2) is 5.43 Å². The Morgan fingerprint density at radius 3 is 1.64 bits per heavy atom. The molecule has 2 aromatic carbocycles. The fourth-order valence-electron chi connectivity index (χ4n) is 1.77. The van der Waals surface area contributed by atoms with Gasteiger partial charge in [-0.2, -0.15) is 5.10 Å². The van der Waals surface area contributed by atoms with Crippen LogP contribution in [0.15, 0.2) is 74.7 Å². The normalized spacial score (nSPS) is 10.5. The van der Waals surface area contributed by atoms with Gasteiger partial charge in [0.05, 0.1) is 5.71 Å². The molecule has 25 heavy (non-hydrogen) atoms. The first-order chi connectivity index (χ1) is 11.5. The van der Waals surface area contributed by atoms with Crippen molar-refractivity contribution in [2.24, 2.45) is 10.8 Å². The van der Waals surface area contributed by atoms with Gasteiger partial charge < -0.3 is 5.73 Å². The van der Waals surface area contributed by atoms with E-state index in [0.717, 1.165) is 20.1 Å². The van der Waals surface area contributed by atoms with Gasteiger partial charge in [-0.3, -0.25) is 5.41 Å². The summed E-state index contributed by atoms with van der Waals surface area (Å²) in [7, 11) is 0. The van der Waals surface area contributed by atoms with Gasteiger partial charge in [0.1, 0.15) is 0 Å². The Morgan fingerprint density at radius 2 is 1.28 bits per heavy atom. The molecule has 0 heterocycles. The topological polar surface area (TPSA) is 74.3 Å². The Kier molecular flexibility index (Phi) is 9.20. The molecule has 0 aliphatic carbocycles. The van der Waals surface area contributed by atoms with E-state index >= 15 is 0 Å². The van der Waals surface area contributed by atoms with Gasteiger partial charge in [0.15, 0.2) is 0 Å². The minimum absolute atomic E-state index is 0. The highest BCUT2D eigenvalue weighted by atomic mass is 79.9. The van der Waals surface area contributed by atoms with Crippen LogP contribution in [-0.4, -0.2) is 11.7 Å². The summed E-state index contributed by atoms with van der Waals surface area (Å²) in [5.41, 5.74) is 10.5. The van der Waals surface area contributed by atoms with Crippen molar-refractivity contribution in [2.45, 2.75) is 0 Å². The van der Waals surface area contributed by atoms with Crippen LogP contribution in [0.25, 0.3) is 12.2 Å². The lowest BCUT2D eigenvalue weighted by Gasteiger charge is -1.99. The average Bonchev–Trinajstić information content (AvgIpc) is 2.57. The van der Waals surface area contributed by atoms with Crippen LogP contribution in [0.4, 0.5) is 0 Å². The molecular weight excluding hydrogens is 467 g/mol. The standard InChI is InChI=1S/C18H16Br2N4.ClH/c19-15-7-1-13(2-8-15)5-11-17(23-24-18(21)22)12-6-14-3-9-16(20)10-4-14;/h1-12H,(H4,21,22,24);1H/b11-5+,12-6+;. The molecule has 0 saturated carbocycles. The lowest BCUT2D eigenvalue weighted by molar-refractivity contribution is 0.998. The third-order valence-electron chi connectivity index (χ3n) is 2.94. The van der Waals surface area contributed by atoms with Crippen LogP contribution in [0.2, 0.25) is 0 Å². The van der Waals surface area contributed by atoms with Gasteiger partial charge in [0, 0.05) is 8.95 Å². The highest BCUT2D eigenvalue weighted by Crippen LogP contribution is 2.13. The van der Waals surface area contributed by atoms with Crippen LogP contribution in [0, 0.1) is 5.41 Å². The SMILES string of the molecule is Cl.N=C(N)NN=C(/C=C/c1ccc(Br)cc1)/C=C/c1ccc(Br)cc1. The van der Waals surface area contributed by atoms with Crippen LogP contribution in [0.1, 0.15) is 11.1 Å². The molecule has 0 atom stereocenters. The quantitative estimate of drug-likeness (QED) is 0.310. The number of nitrogens with one attached hydrogen (secondary N) is 2. The van der Waals surface area contributed by atoms with Crippen molar-refractivity contribution >= 4 is 68.1 Å². The Labute approximate surface area is 170 Å². The number of benzene rings is 2. The van der Waals surface area contributed by atoms with Gasteiger partial charge in [0.25, 0.3) is 0 Å². The summed E-state index contributed by atoms with van der Waals surface area (Å²) in [6.07, 6.45) is 7.60. The number of guanidine groups is 1. The molecule has 130 valence electrons. The molecule has 0 amide bonds. The van der Waals surface area contributed by atoms with Crippen molar-refractivity contribution < 1.29 is 0 Å². The molecule has 0 aliphatic rings. The number of hydrogen-bond acceptors (Lipinski definition) is 2. The lowest BCUT2D eigenvalue weighted by atomic mass is 10.1. The molecule has 0 saturated heterocycles. The molecule has 0 aromatic heterocycles. The molecule has 2 rings (SSSR count). The van der Waals surface area contributed by atoms with Crippen molar-refractivity contribution in [1.82, 2.24) is 5.43 Å². The van der Waals surface area contributed by atoms with E-state index < -0.39 is 0 Å². The number of halogens is 3. The Bertz CT molecular complexity index is 724. The fraction of sp³-hybridized carbons (Fsp3) is 0. The Morgan fingerprint density at radius 1 is 0.880 bits per heavy atom. The molecule has 0 unspecified atom stereocenters. The predicted molar refractivity (Wildman–Crippen MR) is 116 cm³/mol. The molecule has 4 N–H and O–H groups in total. The highest BCUT2D eigenvalue weighted by Gasteiger charge is 1.93. The number of allylic oxidation sites excluding steroid dienone is 2. The monoisotopic (exact) mass is 482 g/mol. The van der Waals surface area contributed by atoms with Crippen molar-refractivity contribution in [3.05, 3.63) is 80.8 Å². The number of nitrogens with two attached hydrogens (primary N) is 1. The second-order valence-electron chi connectivity index (χ2n) is 4.83. The molecular formula is C18H17Br2ClN4. The second-order valence-corrected chi connectivity index (χ2v) is 6.66. The third kappa shape index (κ3) is 8.16. The van der Waals surface area contributed by atoms with Crippen molar-refractivity contribution in [3.8, 4) is 0 Å². The molecule has 0 fully saturated rings. The minimum Gasteiger partial charge on any atom is -0.369 e.